The van der Waals surface area contributed by atoms with Gasteiger partial charge in [-0.25, -0.2) is 0 Å². The third-order valence-electron chi connectivity index (χ3n) is 7.21. The van der Waals surface area contributed by atoms with E-state index in [1.54, 1.807) is 0 Å². The average molecular weight is 367 g/mol. The number of rotatable bonds is 2. The van der Waals surface area contributed by atoms with Crippen LogP contribution in [-0.2, 0) is 19.9 Å². The number of nitrogens with one attached hydrogen (secondary N) is 1. The molecule has 3 saturated heterocycles. The van der Waals surface area contributed by atoms with Crippen molar-refractivity contribution in [1.29, 1.82) is 0 Å². The van der Waals surface area contributed by atoms with Crippen LogP contribution in [0.5, 0.6) is 0 Å². The molecule has 6 heteroatoms. The van der Waals surface area contributed by atoms with Crippen LogP contribution in [-0.4, -0.2) is 46.1 Å². The predicted octanol–water partition coefficient (Wildman–Crippen LogP) is 2.02. The van der Waals surface area contributed by atoms with E-state index in [-0.39, 0.29) is 29.8 Å². The molecular weight excluding hydrogens is 342 g/mol. The maximum atomic E-state index is 13.5. The number of carbonyl (C=O) groups excluding carboxylic acids is 3. The molecule has 27 heavy (non-hydrogen) atoms. The van der Waals surface area contributed by atoms with Crippen molar-refractivity contribution in [2.45, 2.75) is 57.7 Å². The largest absolute Gasteiger partial charge is 0.324 e. The highest BCUT2D eigenvalue weighted by atomic mass is 16.2. The first-order valence-electron chi connectivity index (χ1n) is 9.99. The summed E-state index contributed by atoms with van der Waals surface area (Å²) in [6, 6.07) is 5.75. The molecule has 1 aromatic carbocycles. The topological polar surface area (TPSA) is 69.7 Å². The molecule has 1 aromatic rings. The van der Waals surface area contributed by atoms with Crippen molar-refractivity contribution >= 4 is 23.4 Å². The van der Waals surface area contributed by atoms with Gasteiger partial charge in [0.05, 0.1) is 11.8 Å². The second-order valence-electron chi connectivity index (χ2n) is 8.48. The van der Waals surface area contributed by atoms with E-state index in [0.717, 1.165) is 42.6 Å². The normalized spacial score (nSPS) is 35.6. The fourth-order valence-corrected chi connectivity index (χ4v) is 5.96. The molecule has 0 bridgehead atoms. The number of aryl methyl sites for hydroxylation is 1. The van der Waals surface area contributed by atoms with Gasteiger partial charge < -0.3 is 5.32 Å². The summed E-state index contributed by atoms with van der Waals surface area (Å²) in [6.45, 7) is 6.65. The van der Waals surface area contributed by atoms with E-state index < -0.39 is 17.4 Å². The Morgan fingerprint density at radius 3 is 2.78 bits per heavy atom. The minimum Gasteiger partial charge on any atom is -0.324 e. The smallest absolute Gasteiger partial charge is 0.250 e. The monoisotopic (exact) mass is 367 g/mol. The van der Waals surface area contributed by atoms with Gasteiger partial charge in [-0.3, -0.25) is 24.2 Å². The quantitative estimate of drug-likeness (QED) is 0.812. The summed E-state index contributed by atoms with van der Waals surface area (Å²) >= 11 is 0. The Balaban J connectivity index is 1.74. The van der Waals surface area contributed by atoms with Crippen LogP contribution in [0.25, 0.3) is 0 Å². The lowest BCUT2D eigenvalue weighted by Crippen LogP contribution is -2.54. The van der Waals surface area contributed by atoms with E-state index >= 15 is 0 Å². The maximum Gasteiger partial charge on any atom is 0.250 e. The van der Waals surface area contributed by atoms with E-state index in [1.165, 1.54) is 4.90 Å². The van der Waals surface area contributed by atoms with Gasteiger partial charge >= 0.3 is 0 Å². The molecule has 142 valence electrons. The number of fused-ring (bicyclic) bond motifs is 7. The van der Waals surface area contributed by atoms with Crippen molar-refractivity contribution in [2.75, 3.05) is 11.9 Å². The van der Waals surface area contributed by atoms with Gasteiger partial charge in [0.25, 0.3) is 0 Å². The van der Waals surface area contributed by atoms with E-state index in [0.29, 0.717) is 0 Å². The molecule has 3 fully saturated rings. The Bertz CT molecular complexity index is 881. The Labute approximate surface area is 158 Å². The van der Waals surface area contributed by atoms with Crippen LogP contribution in [0.2, 0.25) is 0 Å². The van der Waals surface area contributed by atoms with E-state index in [2.05, 4.69) is 10.2 Å². The second-order valence-corrected chi connectivity index (χ2v) is 8.48. The molecule has 6 nitrogen and oxygen atoms in total. The first kappa shape index (κ1) is 16.9. The number of imide groups is 1. The zero-order valence-corrected chi connectivity index (χ0v) is 16.0. The number of anilines is 1. The van der Waals surface area contributed by atoms with Gasteiger partial charge in [0.1, 0.15) is 5.54 Å². The molecule has 0 saturated carbocycles. The predicted molar refractivity (Wildman–Crippen MR) is 99.8 cm³/mol. The van der Waals surface area contributed by atoms with Crippen LogP contribution >= 0.6 is 0 Å². The van der Waals surface area contributed by atoms with E-state index in [4.69, 9.17) is 0 Å². The van der Waals surface area contributed by atoms with Gasteiger partial charge in [0.2, 0.25) is 17.7 Å². The first-order valence-corrected chi connectivity index (χ1v) is 9.99. The zero-order chi connectivity index (χ0) is 19.1. The average Bonchev–Trinajstić information content (AvgIpc) is 3.33. The van der Waals surface area contributed by atoms with Gasteiger partial charge in [-0.15, -0.1) is 0 Å². The number of hydrogen-bond donors (Lipinski definition) is 1. The molecule has 1 N–H and O–H groups in total. The van der Waals surface area contributed by atoms with Crippen LogP contribution in [0.3, 0.4) is 0 Å². The zero-order valence-electron chi connectivity index (χ0n) is 16.0. The Hall–Kier alpha value is -2.21. The van der Waals surface area contributed by atoms with Crippen LogP contribution in [0.4, 0.5) is 5.69 Å². The molecule has 0 radical (unpaired) electrons. The van der Waals surface area contributed by atoms with E-state index in [1.807, 2.05) is 39.0 Å². The SMILES string of the molecule is CC[C@@H](C)N1C(=O)[C@H]2[C@@H](C1=O)[C@]1(C(=O)Nc3ccc(C)cc31)N1CCC[C@@H]21. The molecule has 0 unspecified atom stereocenters. The van der Waals surface area contributed by atoms with Crippen LogP contribution in [0, 0.1) is 18.8 Å². The van der Waals surface area contributed by atoms with Crippen molar-refractivity contribution in [1.82, 2.24) is 9.80 Å². The fourth-order valence-electron chi connectivity index (χ4n) is 5.96. The summed E-state index contributed by atoms with van der Waals surface area (Å²) in [5, 5.41) is 3.01. The summed E-state index contributed by atoms with van der Waals surface area (Å²) in [6.07, 6.45) is 2.54. The van der Waals surface area contributed by atoms with Crippen molar-refractivity contribution in [2.24, 2.45) is 11.8 Å². The Morgan fingerprint density at radius 1 is 1.26 bits per heavy atom. The van der Waals surface area contributed by atoms with Gasteiger partial charge in [0, 0.05) is 23.3 Å². The number of nitrogens with zero attached hydrogens (tertiary/aromatic N) is 2. The summed E-state index contributed by atoms with van der Waals surface area (Å²) < 4.78 is 0. The lowest BCUT2D eigenvalue weighted by atomic mass is 9.75. The molecule has 4 aliphatic heterocycles. The maximum absolute atomic E-state index is 13.5. The highest BCUT2D eigenvalue weighted by Crippen LogP contribution is 2.60. The third-order valence-corrected chi connectivity index (χ3v) is 7.21. The standard InChI is InChI=1S/C21H25N3O3/c1-4-12(3)24-18(25)16-15-6-5-9-23(15)21(17(16)19(24)26)13-10-11(2)7-8-14(13)22-20(21)27/h7-8,10,12,15-17H,4-6,9H2,1-3H3,(H,22,27)/t12-,15+,16-,17+,21-/m1/s1. The molecule has 0 aromatic heterocycles. The minimum atomic E-state index is -1.04. The van der Waals surface area contributed by atoms with Gasteiger partial charge in [-0.2, -0.15) is 0 Å². The molecule has 1 spiro atoms. The number of carbonyl (C=O) groups is 3. The summed E-state index contributed by atoms with van der Waals surface area (Å²) in [5.74, 6) is -1.42. The second kappa shape index (κ2) is 5.41. The molecule has 4 aliphatic rings. The number of benzene rings is 1. The van der Waals surface area contributed by atoms with Crippen molar-refractivity contribution in [3.8, 4) is 0 Å². The molecule has 5 atom stereocenters. The Morgan fingerprint density at radius 2 is 2.04 bits per heavy atom. The van der Waals surface area contributed by atoms with Crippen molar-refractivity contribution in [3.05, 3.63) is 29.3 Å². The van der Waals surface area contributed by atoms with Crippen LogP contribution in [0.1, 0.15) is 44.2 Å². The summed E-state index contributed by atoms with van der Waals surface area (Å²) in [4.78, 5) is 43.9. The number of hydrogen-bond acceptors (Lipinski definition) is 4. The lowest BCUT2D eigenvalue weighted by Gasteiger charge is -2.37. The third kappa shape index (κ3) is 1.82. The molecule has 5 rings (SSSR count). The van der Waals surface area contributed by atoms with Crippen molar-refractivity contribution < 1.29 is 14.4 Å². The highest BCUT2D eigenvalue weighted by molar-refractivity contribution is 6.15. The molecule has 3 amide bonds. The van der Waals surface area contributed by atoms with Gasteiger partial charge in [-0.1, -0.05) is 24.6 Å². The van der Waals surface area contributed by atoms with Crippen LogP contribution in [0.15, 0.2) is 18.2 Å². The first-order chi connectivity index (χ1) is 12.9. The molecular formula is C21H25N3O3. The van der Waals surface area contributed by atoms with Crippen molar-refractivity contribution in [3.63, 3.8) is 0 Å². The number of amides is 3. The van der Waals surface area contributed by atoms with E-state index in [9.17, 15) is 14.4 Å². The van der Waals surface area contributed by atoms with Gasteiger partial charge in [-0.05, 0) is 45.7 Å². The Kier molecular flexibility index (Phi) is 3.39. The summed E-state index contributed by atoms with van der Waals surface area (Å²) in [7, 11) is 0. The summed E-state index contributed by atoms with van der Waals surface area (Å²) in [5.41, 5.74) is 1.67. The fraction of sp³-hybridized carbons (Fsp3) is 0.571. The molecule has 4 heterocycles. The van der Waals surface area contributed by atoms with Gasteiger partial charge in [0.15, 0.2) is 0 Å². The highest BCUT2D eigenvalue weighted by Gasteiger charge is 2.74. The van der Waals surface area contributed by atoms with Crippen LogP contribution < -0.4 is 5.32 Å². The number of likely N-dealkylation sites (tertiary alicyclic amines) is 1. The minimum absolute atomic E-state index is 0.0299. The lowest BCUT2D eigenvalue weighted by molar-refractivity contribution is -0.147. The molecule has 0 aliphatic carbocycles.